The van der Waals surface area contributed by atoms with Crippen molar-refractivity contribution in [1.29, 1.82) is 0 Å². The SMILES string of the molecule is CC1(C)C[C@H]1n1ncc2c(Cl)n(Cc3ccccc3F)nc2c1=O. The van der Waals surface area contributed by atoms with Gasteiger partial charge in [0.25, 0.3) is 5.56 Å². The van der Waals surface area contributed by atoms with Gasteiger partial charge in [0.05, 0.1) is 24.2 Å². The fourth-order valence-electron chi connectivity index (χ4n) is 2.98. The molecule has 1 aliphatic rings. The van der Waals surface area contributed by atoms with Crippen molar-refractivity contribution in [3.63, 3.8) is 0 Å². The molecule has 5 nitrogen and oxygen atoms in total. The highest BCUT2D eigenvalue weighted by molar-refractivity contribution is 6.34. The molecule has 124 valence electrons. The minimum absolute atomic E-state index is 0.0734. The van der Waals surface area contributed by atoms with Gasteiger partial charge in [-0.1, -0.05) is 43.6 Å². The summed E-state index contributed by atoms with van der Waals surface area (Å²) >= 11 is 6.32. The molecule has 0 bridgehead atoms. The van der Waals surface area contributed by atoms with Crippen LogP contribution in [0.3, 0.4) is 0 Å². The largest absolute Gasteiger partial charge is 0.295 e. The summed E-state index contributed by atoms with van der Waals surface area (Å²) in [4.78, 5) is 12.7. The molecule has 0 saturated heterocycles. The summed E-state index contributed by atoms with van der Waals surface area (Å²) in [5.74, 6) is -0.330. The average molecular weight is 347 g/mol. The van der Waals surface area contributed by atoms with Crippen LogP contribution in [0.1, 0.15) is 31.9 Å². The van der Waals surface area contributed by atoms with Gasteiger partial charge in [0.2, 0.25) is 0 Å². The van der Waals surface area contributed by atoms with Crippen molar-refractivity contribution in [3.8, 4) is 0 Å². The van der Waals surface area contributed by atoms with Gasteiger partial charge in [-0.15, -0.1) is 0 Å². The van der Waals surface area contributed by atoms with Gasteiger partial charge < -0.3 is 0 Å². The quantitative estimate of drug-likeness (QED) is 0.730. The minimum Gasteiger partial charge on any atom is -0.265 e. The third-order valence-corrected chi connectivity index (χ3v) is 5.08. The molecule has 0 N–H and O–H groups in total. The highest BCUT2D eigenvalue weighted by Crippen LogP contribution is 2.54. The van der Waals surface area contributed by atoms with E-state index in [9.17, 15) is 9.18 Å². The maximum atomic E-state index is 13.8. The highest BCUT2D eigenvalue weighted by atomic mass is 35.5. The predicted octanol–water partition coefficient (Wildman–Crippen LogP) is 3.40. The lowest BCUT2D eigenvalue weighted by Gasteiger charge is -2.05. The topological polar surface area (TPSA) is 52.7 Å². The van der Waals surface area contributed by atoms with Crippen molar-refractivity contribution in [2.24, 2.45) is 5.41 Å². The summed E-state index contributed by atoms with van der Waals surface area (Å²) in [6, 6.07) is 6.52. The monoisotopic (exact) mass is 346 g/mol. The molecule has 0 aliphatic heterocycles. The molecule has 7 heteroatoms. The second kappa shape index (κ2) is 5.14. The second-order valence-corrected chi connectivity index (χ2v) is 7.26. The number of benzene rings is 1. The normalized spacial score (nSPS) is 18.9. The number of halogens is 2. The maximum absolute atomic E-state index is 13.8. The zero-order valence-electron chi connectivity index (χ0n) is 13.3. The van der Waals surface area contributed by atoms with Gasteiger partial charge in [0, 0.05) is 5.56 Å². The molecule has 3 aromatic rings. The van der Waals surface area contributed by atoms with Gasteiger partial charge >= 0.3 is 0 Å². The smallest absolute Gasteiger partial charge is 0.265 e. The summed E-state index contributed by atoms with van der Waals surface area (Å²) in [7, 11) is 0. The van der Waals surface area contributed by atoms with Crippen LogP contribution >= 0.6 is 11.6 Å². The van der Waals surface area contributed by atoms with E-state index in [0.717, 1.165) is 6.42 Å². The van der Waals surface area contributed by atoms with Gasteiger partial charge in [-0.05, 0) is 17.9 Å². The summed E-state index contributed by atoms with van der Waals surface area (Å²) < 4.78 is 16.8. The molecule has 1 fully saturated rings. The van der Waals surface area contributed by atoms with Crippen molar-refractivity contribution in [2.45, 2.75) is 32.9 Å². The zero-order valence-corrected chi connectivity index (χ0v) is 14.1. The summed E-state index contributed by atoms with van der Waals surface area (Å²) in [5, 5.41) is 9.35. The second-order valence-electron chi connectivity index (χ2n) is 6.90. The van der Waals surface area contributed by atoms with Crippen LogP contribution in [0.5, 0.6) is 0 Å². The number of hydrogen-bond acceptors (Lipinski definition) is 3. The van der Waals surface area contributed by atoms with Gasteiger partial charge in [-0.3, -0.25) is 4.79 Å². The Morgan fingerprint density at radius 3 is 2.75 bits per heavy atom. The molecule has 0 unspecified atom stereocenters. The van der Waals surface area contributed by atoms with Crippen LogP contribution in [0, 0.1) is 11.2 Å². The molecule has 0 spiro atoms. The Kier molecular flexibility index (Phi) is 3.28. The van der Waals surface area contributed by atoms with E-state index < -0.39 is 0 Å². The van der Waals surface area contributed by atoms with Crippen LogP contribution in [0.2, 0.25) is 5.15 Å². The van der Waals surface area contributed by atoms with Gasteiger partial charge in [0.15, 0.2) is 5.52 Å². The van der Waals surface area contributed by atoms with Crippen molar-refractivity contribution < 1.29 is 4.39 Å². The lowest BCUT2D eigenvalue weighted by molar-refractivity contribution is 0.488. The van der Waals surface area contributed by atoms with Crippen molar-refractivity contribution >= 4 is 22.5 Å². The Morgan fingerprint density at radius 2 is 2.08 bits per heavy atom. The first-order valence-electron chi connectivity index (χ1n) is 7.76. The molecule has 2 aromatic heterocycles. The molecular formula is C17H16ClFN4O. The molecule has 24 heavy (non-hydrogen) atoms. The minimum atomic E-state index is -0.330. The van der Waals surface area contributed by atoms with E-state index in [-0.39, 0.29) is 34.9 Å². The molecular weight excluding hydrogens is 331 g/mol. The number of hydrogen-bond donors (Lipinski definition) is 0. The Hall–Kier alpha value is -2.21. The Bertz CT molecular complexity index is 1010. The van der Waals surface area contributed by atoms with E-state index in [1.54, 1.807) is 24.4 Å². The van der Waals surface area contributed by atoms with Crippen LogP contribution in [0.4, 0.5) is 4.39 Å². The van der Waals surface area contributed by atoms with E-state index in [1.165, 1.54) is 15.4 Å². The van der Waals surface area contributed by atoms with Crippen molar-refractivity contribution in [3.05, 3.63) is 57.3 Å². The third kappa shape index (κ3) is 2.33. The van der Waals surface area contributed by atoms with E-state index >= 15 is 0 Å². The Labute approximate surface area is 142 Å². The Balaban J connectivity index is 1.79. The van der Waals surface area contributed by atoms with Crippen LogP contribution < -0.4 is 5.56 Å². The van der Waals surface area contributed by atoms with Crippen molar-refractivity contribution in [1.82, 2.24) is 19.6 Å². The lowest BCUT2D eigenvalue weighted by atomic mass is 10.2. The predicted molar refractivity (Wildman–Crippen MR) is 89.7 cm³/mol. The number of aromatic nitrogens is 4. The molecule has 0 radical (unpaired) electrons. The molecule has 1 saturated carbocycles. The summed E-state index contributed by atoms with van der Waals surface area (Å²) in [6.07, 6.45) is 2.48. The van der Waals surface area contributed by atoms with Crippen LogP contribution in [0.25, 0.3) is 10.9 Å². The molecule has 1 aromatic carbocycles. The highest BCUT2D eigenvalue weighted by Gasteiger charge is 2.48. The first-order valence-corrected chi connectivity index (χ1v) is 8.13. The number of rotatable bonds is 3. The maximum Gasteiger partial charge on any atom is 0.295 e. The molecule has 4 rings (SSSR count). The van der Waals surface area contributed by atoms with E-state index in [2.05, 4.69) is 24.0 Å². The fourth-order valence-corrected chi connectivity index (χ4v) is 3.22. The summed E-state index contributed by atoms with van der Waals surface area (Å²) in [5.41, 5.74) is 0.555. The van der Waals surface area contributed by atoms with Gasteiger partial charge in [-0.25, -0.2) is 13.8 Å². The molecule has 1 atom stereocenters. The molecule has 0 amide bonds. The van der Waals surface area contributed by atoms with E-state index in [4.69, 9.17) is 11.6 Å². The van der Waals surface area contributed by atoms with E-state index in [1.807, 2.05) is 0 Å². The third-order valence-electron chi connectivity index (χ3n) is 4.68. The molecule has 2 heterocycles. The first-order chi connectivity index (χ1) is 11.4. The Morgan fingerprint density at radius 1 is 1.38 bits per heavy atom. The zero-order chi connectivity index (χ0) is 17.1. The number of fused-ring (bicyclic) bond motifs is 1. The first kappa shape index (κ1) is 15.3. The van der Waals surface area contributed by atoms with Crippen LogP contribution in [0.15, 0.2) is 35.3 Å². The van der Waals surface area contributed by atoms with Crippen LogP contribution in [-0.4, -0.2) is 19.6 Å². The molecule has 1 aliphatic carbocycles. The fraction of sp³-hybridized carbons (Fsp3) is 0.353. The number of nitrogens with zero attached hydrogens (tertiary/aromatic N) is 4. The summed E-state index contributed by atoms with van der Waals surface area (Å²) in [6.45, 7) is 4.36. The lowest BCUT2D eigenvalue weighted by Crippen LogP contribution is -2.23. The average Bonchev–Trinajstić information content (AvgIpc) is 3.05. The van der Waals surface area contributed by atoms with Crippen molar-refractivity contribution in [2.75, 3.05) is 0 Å². The van der Waals surface area contributed by atoms with Gasteiger partial charge in [-0.2, -0.15) is 10.2 Å². The van der Waals surface area contributed by atoms with E-state index in [0.29, 0.717) is 16.1 Å². The standard InChI is InChI=1S/C17H16ClFN4O/c1-17(2)7-13(17)23-16(24)14-11(8-20-23)15(18)22(21-14)9-10-5-3-4-6-12(10)19/h3-6,8,13H,7,9H2,1-2H3/t13-/m1/s1. The van der Waals surface area contributed by atoms with Crippen LogP contribution in [-0.2, 0) is 6.54 Å². The van der Waals surface area contributed by atoms with Gasteiger partial charge in [0.1, 0.15) is 11.0 Å².